The van der Waals surface area contributed by atoms with E-state index >= 15 is 0 Å². The Bertz CT molecular complexity index is 3340. The number of amides is 6. The van der Waals surface area contributed by atoms with E-state index in [1.807, 2.05) is 13.8 Å². The van der Waals surface area contributed by atoms with E-state index in [0.717, 1.165) is 12.1 Å². The molecule has 0 saturated carbocycles. The topological polar surface area (TPSA) is 410 Å². The van der Waals surface area contributed by atoms with Crippen molar-refractivity contribution >= 4 is 64.6 Å². The number of carbonyl (C=O) groups excluding carboxylic acids is 6. The van der Waals surface area contributed by atoms with E-state index in [4.69, 9.17) is 53.6 Å². The Morgan fingerprint density at radius 1 is 0.810 bits per heavy atom. The van der Waals surface area contributed by atoms with Crippen molar-refractivity contribution in [2.75, 3.05) is 7.05 Å². The number of aromatic hydroxyl groups is 3. The number of ether oxygens (including phenoxy) is 4. The molecule has 6 amide bonds. The van der Waals surface area contributed by atoms with Gasteiger partial charge in [0.1, 0.15) is 53.0 Å². The molecule has 25 nitrogen and oxygen atoms in total. The van der Waals surface area contributed by atoms with E-state index in [2.05, 4.69) is 26.6 Å². The van der Waals surface area contributed by atoms with Gasteiger partial charge >= 0.3 is 5.97 Å². The number of carboxylic acids is 1. The van der Waals surface area contributed by atoms with Crippen LogP contribution in [0.4, 0.5) is 0 Å². The second kappa shape index (κ2) is 27.3. The molecule has 4 bridgehead atoms. The first kappa shape index (κ1) is 63.2. The van der Waals surface area contributed by atoms with Crippen molar-refractivity contribution in [1.82, 2.24) is 26.6 Å². The van der Waals surface area contributed by atoms with Gasteiger partial charge in [-0.3, -0.25) is 28.8 Å². The molecule has 9 atom stereocenters. The van der Waals surface area contributed by atoms with Crippen LogP contribution in [-0.2, 0) is 51.1 Å². The Morgan fingerprint density at radius 2 is 1.54 bits per heavy atom. The van der Waals surface area contributed by atoms with E-state index in [1.54, 1.807) is 7.05 Å². The number of nitrogens with two attached hydrogens (primary N) is 2. The molecular weight excluding hydrogens is 1140 g/mol. The van der Waals surface area contributed by atoms with E-state index in [0.29, 0.717) is 17.5 Å². The number of rotatable bonds is 19. The number of carboxylic acid groups (broad SMARTS) is 1. The molecule has 0 aliphatic carbocycles. The summed E-state index contributed by atoms with van der Waals surface area (Å²) in [5.41, 5.74) is 11.2. The second-order valence-electron chi connectivity index (χ2n) is 20.5. The molecule has 5 aromatic rings. The molecule has 27 heteroatoms. The van der Waals surface area contributed by atoms with E-state index < -0.39 is 114 Å². The number of fused-ring (bicyclic) bond motifs is 9. The summed E-state index contributed by atoms with van der Waals surface area (Å²) in [7, 11) is 1.56. The van der Waals surface area contributed by atoms with Crippen molar-refractivity contribution < 1.29 is 88.3 Å². The zero-order chi connectivity index (χ0) is 61.4. The number of nitrogens with one attached hydrogen (secondary N) is 5. The SMILES string of the molecule is CN[C@H](CC(C)C)C(=O)N[C@H]1C(=O)N[C@@H](C)C(=O)NC(C(N)=O)c2cc(Oc3ccc(CCC(=O)N[C@H](C(=O)O)c4cc(O)cc(O)c4-c4cc(CC(N)=O)ccc4O)cc3Cl)c(O[C@H]3C[C@@H](O)C[C@@H](O)O3)c(c2)Oc2ccc(cc2Cl)[C@H]1O. The van der Waals surface area contributed by atoms with Crippen molar-refractivity contribution in [3.63, 3.8) is 0 Å². The standard InChI is InChI=1S/C57H63Cl2N7O18/c1-24(2)13-36(62-4)55(77)66-50-51(74)28-8-11-40(35(59)17-28)82-42-19-29(48(53(61)75)65-54(76)25(3)63-56(50)78)18-41(52(42)84-46-23-31(68)22-45(73)83-46)81-39-10-6-26(15-34(39)58)7-12-44(72)64-49(57(79)80)33-20-30(67)21-38(70)47(33)32-14-27(16-43(60)71)5-9-37(32)69/h5-6,8-11,14-15,17-21,24-25,31,36,45-46,48-51,62,67-70,73-74H,7,12-13,16,22-23H2,1-4H3,(H2,60,71)(H2,61,75)(H,63,78)(H,64,72)(H,65,76)(H,66,77)(H,79,80)/t25-,31-,36+,45-,46-,48?,49-,50+,51+/m0/s1. The van der Waals surface area contributed by atoms with Crippen molar-refractivity contribution in [1.29, 1.82) is 0 Å². The summed E-state index contributed by atoms with van der Waals surface area (Å²) in [6.45, 7) is 5.07. The highest BCUT2D eigenvalue weighted by Gasteiger charge is 2.37. The Labute approximate surface area is 490 Å². The third-order valence-electron chi connectivity index (χ3n) is 13.5. The summed E-state index contributed by atoms with van der Waals surface area (Å²) in [6.07, 6.45) is -6.47. The minimum atomic E-state index is -1.91. The number of aryl methyl sites for hydroxylation is 1. The van der Waals surface area contributed by atoms with Crippen LogP contribution in [0.5, 0.6) is 46.0 Å². The number of likely N-dealkylation sites (N-methyl/N-ethyl adjacent to an activating group) is 1. The number of hydrogen-bond donors (Lipinski definition) is 14. The molecule has 1 unspecified atom stereocenters. The normalized spacial score (nSPS) is 20.6. The highest BCUT2D eigenvalue weighted by Crippen LogP contribution is 2.48. The second-order valence-corrected chi connectivity index (χ2v) is 21.3. The van der Waals surface area contributed by atoms with Gasteiger partial charge in [-0.1, -0.05) is 55.2 Å². The first-order chi connectivity index (χ1) is 39.7. The number of halogens is 2. The third-order valence-corrected chi connectivity index (χ3v) is 14.1. The van der Waals surface area contributed by atoms with Gasteiger partial charge in [0, 0.05) is 42.0 Å². The Morgan fingerprint density at radius 3 is 2.18 bits per heavy atom. The molecule has 1 fully saturated rings. The average Bonchev–Trinajstić information content (AvgIpc) is 2.11. The number of carbonyl (C=O) groups is 7. The molecule has 448 valence electrons. The van der Waals surface area contributed by atoms with Gasteiger partial charge in [0.15, 0.2) is 23.8 Å². The van der Waals surface area contributed by atoms with Crippen LogP contribution in [0.2, 0.25) is 10.0 Å². The Hall–Kier alpha value is -8.43. The summed E-state index contributed by atoms with van der Waals surface area (Å²) in [6, 6.07) is 8.92. The predicted molar refractivity (Wildman–Crippen MR) is 300 cm³/mol. The maximum Gasteiger partial charge on any atom is 0.330 e. The smallest absolute Gasteiger partial charge is 0.330 e. The predicted octanol–water partition coefficient (Wildman–Crippen LogP) is 3.77. The van der Waals surface area contributed by atoms with E-state index in [-0.39, 0.29) is 105 Å². The lowest BCUT2D eigenvalue weighted by molar-refractivity contribution is -0.242. The van der Waals surface area contributed by atoms with Gasteiger partial charge in [-0.2, -0.15) is 0 Å². The molecule has 0 spiro atoms. The monoisotopic (exact) mass is 1200 g/mol. The average molecular weight is 1210 g/mol. The quantitative estimate of drug-likeness (QED) is 0.0559. The maximum atomic E-state index is 14.0. The molecule has 0 aromatic heterocycles. The zero-order valence-electron chi connectivity index (χ0n) is 45.6. The fourth-order valence-corrected chi connectivity index (χ4v) is 9.88. The Balaban J connectivity index is 1.22. The lowest BCUT2D eigenvalue weighted by Gasteiger charge is -2.31. The summed E-state index contributed by atoms with van der Waals surface area (Å²) < 4.78 is 24.7. The number of aliphatic hydroxyl groups is 3. The van der Waals surface area contributed by atoms with Crippen LogP contribution in [0, 0.1) is 5.92 Å². The van der Waals surface area contributed by atoms with Crippen LogP contribution >= 0.6 is 23.2 Å². The van der Waals surface area contributed by atoms with Gasteiger partial charge < -0.3 is 92.7 Å². The number of phenolic OH excluding ortho intramolecular Hbond substituents is 3. The van der Waals surface area contributed by atoms with Gasteiger partial charge in [-0.15, -0.1) is 0 Å². The number of aliphatic carboxylic acids is 1. The number of phenols is 3. The summed E-state index contributed by atoms with van der Waals surface area (Å²) in [5.74, 6) is -9.61. The minimum absolute atomic E-state index is 0.0270. The molecule has 3 aliphatic rings. The summed E-state index contributed by atoms with van der Waals surface area (Å²) >= 11 is 13.7. The first-order valence-electron chi connectivity index (χ1n) is 26.2. The van der Waals surface area contributed by atoms with Crippen LogP contribution < -0.4 is 52.3 Å². The molecule has 3 heterocycles. The van der Waals surface area contributed by atoms with Gasteiger partial charge in [-0.25, -0.2) is 4.79 Å². The molecule has 5 aromatic carbocycles. The number of primary amides is 2. The molecule has 16 N–H and O–H groups in total. The largest absolute Gasteiger partial charge is 0.508 e. The molecule has 1 saturated heterocycles. The molecule has 8 rings (SSSR count). The number of benzene rings is 5. The Kier molecular flexibility index (Phi) is 20.5. The number of aliphatic hydroxyl groups excluding tert-OH is 3. The fraction of sp³-hybridized carbons (Fsp3) is 0.351. The van der Waals surface area contributed by atoms with Crippen LogP contribution in [0.1, 0.15) is 92.5 Å². The van der Waals surface area contributed by atoms with E-state index in [1.165, 1.54) is 73.7 Å². The van der Waals surface area contributed by atoms with Crippen LogP contribution in [0.15, 0.2) is 78.9 Å². The molecule has 84 heavy (non-hydrogen) atoms. The summed E-state index contributed by atoms with van der Waals surface area (Å²) in [4.78, 5) is 93.0. The third kappa shape index (κ3) is 15.6. The molecule has 0 radical (unpaired) electrons. The number of hydrogen-bond acceptors (Lipinski definition) is 18. The van der Waals surface area contributed by atoms with Crippen molar-refractivity contribution in [2.45, 2.75) is 114 Å². The zero-order valence-corrected chi connectivity index (χ0v) is 47.1. The van der Waals surface area contributed by atoms with Gasteiger partial charge in [0.25, 0.3) is 0 Å². The van der Waals surface area contributed by atoms with Crippen molar-refractivity contribution in [3.8, 4) is 57.1 Å². The molecular formula is C57H63Cl2N7O18. The van der Waals surface area contributed by atoms with Crippen molar-refractivity contribution in [3.05, 3.63) is 117 Å². The van der Waals surface area contributed by atoms with Crippen LogP contribution in [0.3, 0.4) is 0 Å². The lowest BCUT2D eigenvalue weighted by atomic mass is 9.91. The fourth-order valence-electron chi connectivity index (χ4n) is 9.41. The first-order valence-corrected chi connectivity index (χ1v) is 27.0. The van der Waals surface area contributed by atoms with Crippen LogP contribution in [-0.4, -0.2) is 121 Å². The maximum absolute atomic E-state index is 14.0. The van der Waals surface area contributed by atoms with Gasteiger partial charge in [0.2, 0.25) is 47.5 Å². The minimum Gasteiger partial charge on any atom is -0.508 e. The van der Waals surface area contributed by atoms with E-state index in [9.17, 15) is 69.3 Å². The summed E-state index contributed by atoms with van der Waals surface area (Å²) in [5, 5.41) is 88.1. The molecule has 3 aliphatic heterocycles. The highest BCUT2D eigenvalue weighted by atomic mass is 35.5. The van der Waals surface area contributed by atoms with Gasteiger partial charge in [-0.05, 0) is 110 Å². The highest BCUT2D eigenvalue weighted by molar-refractivity contribution is 6.32. The van der Waals surface area contributed by atoms with Crippen LogP contribution in [0.25, 0.3) is 11.1 Å². The lowest BCUT2D eigenvalue weighted by Crippen LogP contribution is -2.57. The van der Waals surface area contributed by atoms with Gasteiger partial charge in [0.05, 0.1) is 28.6 Å². The van der Waals surface area contributed by atoms with Crippen molar-refractivity contribution in [2.24, 2.45) is 17.4 Å².